The number of rotatable bonds is 9. The number of amides is 2. The Hall–Kier alpha value is -2.07. The van der Waals surface area contributed by atoms with Gasteiger partial charge in [0, 0.05) is 25.1 Å². The third-order valence-electron chi connectivity index (χ3n) is 5.16. The molecule has 35 heavy (non-hydrogen) atoms. The molecule has 1 atom stereocenters. The standard InChI is InChI=1S/C25H29N3O5.2Na/c1-6-8-18(15(2)3)12-17-9-7-10-19(13-17)20(14-22(30)31)26-25(33)27-23-21(29)11-16(4)28(5)24(23)32;;/h6-11,13,20,29H,1-2,12,14H2,3-5H3,(H,30,31)(H2,26,27,33);;/q;2*+1/p-2/b18-8-;;. The third kappa shape index (κ3) is 9.48. The Morgan fingerprint density at radius 2 is 1.89 bits per heavy atom. The summed E-state index contributed by atoms with van der Waals surface area (Å²) in [6.07, 6.45) is 3.56. The van der Waals surface area contributed by atoms with Gasteiger partial charge in [0.1, 0.15) is 5.69 Å². The minimum Gasteiger partial charge on any atom is -0.871 e. The van der Waals surface area contributed by atoms with Gasteiger partial charge in [-0.25, -0.2) is 4.79 Å². The van der Waals surface area contributed by atoms with Gasteiger partial charge in [0.2, 0.25) is 0 Å². The summed E-state index contributed by atoms with van der Waals surface area (Å²) in [4.78, 5) is 36.2. The van der Waals surface area contributed by atoms with E-state index in [-0.39, 0.29) is 59.1 Å². The summed E-state index contributed by atoms with van der Waals surface area (Å²) in [6.45, 7) is 11.1. The van der Waals surface area contributed by atoms with E-state index in [0.717, 1.165) is 16.7 Å². The Morgan fingerprint density at radius 3 is 2.46 bits per heavy atom. The molecule has 2 rings (SSSR count). The molecule has 0 fully saturated rings. The minimum absolute atomic E-state index is 0. The first-order valence-corrected chi connectivity index (χ1v) is 10.2. The number of aliphatic carboxylic acids is 1. The maximum absolute atomic E-state index is 12.6. The summed E-state index contributed by atoms with van der Waals surface area (Å²) < 4.78 is 1.23. The number of pyridine rings is 1. The van der Waals surface area contributed by atoms with Gasteiger partial charge in [-0.15, -0.1) is 0 Å². The van der Waals surface area contributed by atoms with Crippen molar-refractivity contribution in [3.8, 4) is 5.75 Å². The summed E-state index contributed by atoms with van der Waals surface area (Å²) in [5.41, 5.74) is 2.62. The van der Waals surface area contributed by atoms with Gasteiger partial charge in [-0.1, -0.05) is 60.9 Å². The van der Waals surface area contributed by atoms with Gasteiger partial charge in [0.25, 0.3) is 5.56 Å². The summed E-state index contributed by atoms with van der Waals surface area (Å²) in [5.74, 6) is -2.00. The zero-order valence-electron chi connectivity index (χ0n) is 20.9. The number of hydrogen-bond acceptors (Lipinski definition) is 5. The van der Waals surface area contributed by atoms with Gasteiger partial charge >= 0.3 is 65.1 Å². The van der Waals surface area contributed by atoms with Crippen LogP contribution in [-0.4, -0.2) is 16.6 Å². The van der Waals surface area contributed by atoms with Gasteiger partial charge in [-0.2, -0.15) is 0 Å². The fraction of sp³-hybridized carbons (Fsp3) is 0.240. The van der Waals surface area contributed by atoms with Gasteiger partial charge in [-0.3, -0.25) is 4.79 Å². The van der Waals surface area contributed by atoms with Crippen LogP contribution in [0.15, 0.2) is 71.6 Å². The van der Waals surface area contributed by atoms with Crippen LogP contribution in [-0.2, 0) is 18.3 Å². The Labute approximate surface area is 249 Å². The second kappa shape index (κ2) is 15.1. The molecule has 0 bridgehead atoms. The quantitative estimate of drug-likeness (QED) is 0.271. The molecular formula is C25H27N3Na2O5. The molecule has 0 spiro atoms. The van der Waals surface area contributed by atoms with E-state index in [2.05, 4.69) is 23.8 Å². The van der Waals surface area contributed by atoms with Crippen molar-refractivity contribution in [1.82, 2.24) is 9.88 Å². The maximum atomic E-state index is 12.6. The summed E-state index contributed by atoms with van der Waals surface area (Å²) in [6, 6.07) is 6.49. The number of nitrogens with zero attached hydrogens (tertiary/aromatic N) is 1. The van der Waals surface area contributed by atoms with E-state index >= 15 is 0 Å². The summed E-state index contributed by atoms with van der Waals surface area (Å²) in [7, 11) is 1.48. The predicted molar refractivity (Wildman–Crippen MR) is 124 cm³/mol. The number of nitrogens with one attached hydrogen (secondary N) is 2. The average Bonchev–Trinajstić information content (AvgIpc) is 2.74. The molecule has 10 heteroatoms. The Kier molecular flexibility index (Phi) is 14.2. The third-order valence-corrected chi connectivity index (χ3v) is 5.16. The van der Waals surface area contributed by atoms with E-state index in [4.69, 9.17) is 0 Å². The van der Waals surface area contributed by atoms with Crippen LogP contribution in [0.3, 0.4) is 0 Å². The van der Waals surface area contributed by atoms with Crippen LogP contribution in [0.25, 0.3) is 0 Å². The molecule has 1 aromatic heterocycles. The van der Waals surface area contributed by atoms with Gasteiger partial charge < -0.3 is 30.2 Å². The Bertz CT molecular complexity index is 1190. The van der Waals surface area contributed by atoms with Gasteiger partial charge in [-0.05, 0) is 43.0 Å². The van der Waals surface area contributed by atoms with E-state index < -0.39 is 41.5 Å². The van der Waals surface area contributed by atoms with Crippen LogP contribution in [0.5, 0.6) is 5.75 Å². The minimum atomic E-state index is -1.37. The van der Waals surface area contributed by atoms with Crippen LogP contribution >= 0.6 is 0 Å². The molecule has 2 amide bonds. The first kappa shape index (κ1) is 32.9. The van der Waals surface area contributed by atoms with Crippen LogP contribution in [0.2, 0.25) is 0 Å². The van der Waals surface area contributed by atoms with Crippen molar-refractivity contribution < 1.29 is 78.9 Å². The molecule has 0 aliphatic carbocycles. The Balaban J connectivity index is 0.00000578. The first-order chi connectivity index (χ1) is 15.5. The fourth-order valence-electron chi connectivity index (χ4n) is 3.27. The number of aryl methyl sites for hydroxylation is 1. The number of carboxylic acids is 1. The molecule has 1 heterocycles. The molecule has 0 aliphatic rings. The maximum Gasteiger partial charge on any atom is 1.00 e. The molecule has 0 radical (unpaired) electrons. The normalized spacial score (nSPS) is 11.3. The van der Waals surface area contributed by atoms with Gasteiger partial charge in [0.15, 0.2) is 0 Å². The van der Waals surface area contributed by atoms with Crippen LogP contribution in [0.1, 0.15) is 36.2 Å². The number of hydrogen-bond donors (Lipinski definition) is 2. The van der Waals surface area contributed by atoms with E-state index in [9.17, 15) is 24.6 Å². The molecule has 1 unspecified atom stereocenters. The van der Waals surface area contributed by atoms with E-state index in [0.29, 0.717) is 17.7 Å². The van der Waals surface area contributed by atoms with E-state index in [1.807, 2.05) is 19.1 Å². The number of carbonyl (C=O) groups is 2. The monoisotopic (exact) mass is 495 g/mol. The number of aromatic nitrogens is 1. The van der Waals surface area contributed by atoms with Gasteiger partial charge in [0.05, 0.1) is 6.04 Å². The Morgan fingerprint density at radius 1 is 1.23 bits per heavy atom. The summed E-state index contributed by atoms with van der Waals surface area (Å²) in [5, 5.41) is 28.3. The second-order valence-electron chi connectivity index (χ2n) is 7.75. The first-order valence-electron chi connectivity index (χ1n) is 10.2. The molecule has 0 saturated carbocycles. The van der Waals surface area contributed by atoms with Crippen molar-refractivity contribution >= 4 is 17.7 Å². The zero-order valence-corrected chi connectivity index (χ0v) is 24.9. The van der Waals surface area contributed by atoms with Crippen LogP contribution in [0, 0.1) is 6.92 Å². The molecular weight excluding hydrogens is 468 g/mol. The van der Waals surface area contributed by atoms with Crippen molar-refractivity contribution in [2.24, 2.45) is 7.05 Å². The molecule has 1 aromatic carbocycles. The van der Waals surface area contributed by atoms with E-state index in [1.165, 1.54) is 17.7 Å². The number of allylic oxidation sites excluding steroid dienone is 4. The van der Waals surface area contributed by atoms with Crippen LogP contribution < -0.4 is 85.5 Å². The molecule has 8 nitrogen and oxygen atoms in total. The van der Waals surface area contributed by atoms with Crippen molar-refractivity contribution in [2.75, 3.05) is 5.32 Å². The predicted octanol–water partition coefficient (Wildman–Crippen LogP) is -3.99. The zero-order chi connectivity index (χ0) is 24.7. The summed E-state index contributed by atoms with van der Waals surface area (Å²) >= 11 is 0. The number of benzene rings is 1. The topological polar surface area (TPSA) is 126 Å². The average molecular weight is 495 g/mol. The van der Waals surface area contributed by atoms with Crippen molar-refractivity contribution in [1.29, 1.82) is 0 Å². The number of urea groups is 1. The van der Waals surface area contributed by atoms with Crippen molar-refractivity contribution in [2.45, 2.75) is 32.7 Å². The number of anilines is 1. The molecule has 2 N–H and O–H groups in total. The number of carbonyl (C=O) groups excluding carboxylic acids is 2. The fourth-order valence-corrected chi connectivity index (χ4v) is 3.27. The van der Waals surface area contributed by atoms with Crippen molar-refractivity contribution in [3.05, 3.63) is 94.0 Å². The molecule has 2 aromatic rings. The van der Waals surface area contributed by atoms with E-state index in [1.54, 1.807) is 31.2 Å². The van der Waals surface area contributed by atoms with Crippen LogP contribution in [0.4, 0.5) is 10.5 Å². The number of carboxylic acid groups (broad SMARTS) is 1. The largest absolute Gasteiger partial charge is 1.00 e. The molecule has 174 valence electrons. The smallest absolute Gasteiger partial charge is 0.871 e. The second-order valence-corrected chi connectivity index (χ2v) is 7.75. The SMILES string of the molecule is C=C/C=C(/Cc1cccc(C(CC(=O)[O-])NC(=O)Nc2c([O-])cc(C)n(C)c2=O)c1)C(=C)C.[Na+].[Na+]. The van der Waals surface area contributed by atoms with Crippen molar-refractivity contribution in [3.63, 3.8) is 0 Å². The molecule has 0 aliphatic heterocycles. The molecule has 0 saturated heterocycles.